The maximum Gasteiger partial charge on any atom is 0.0175 e. The van der Waals surface area contributed by atoms with Gasteiger partial charge in [-0.25, -0.2) is 0 Å². The Labute approximate surface area is 604 Å². The fourth-order valence-corrected chi connectivity index (χ4v) is 11.2. The Morgan fingerprint density at radius 3 is 1.12 bits per heavy atom. The van der Waals surface area contributed by atoms with Gasteiger partial charge in [0.15, 0.2) is 0 Å². The Kier molecular flexibility index (Phi) is 31.9. The number of rotatable bonds is 2. The number of benzene rings is 14. The van der Waals surface area contributed by atoms with Crippen molar-refractivity contribution >= 4 is 70.4 Å². The van der Waals surface area contributed by atoms with E-state index in [0.29, 0.717) is 0 Å². The molecule has 3 heteroatoms. The van der Waals surface area contributed by atoms with Crippen molar-refractivity contribution in [1.82, 2.24) is 4.57 Å². The van der Waals surface area contributed by atoms with Crippen molar-refractivity contribution in [3.05, 3.63) is 429 Å². The molecule has 0 aliphatic carbocycles. The molecule has 14 aromatic carbocycles. The number of aryl methyl sites for hydroxylation is 12. The van der Waals surface area contributed by atoms with Crippen molar-refractivity contribution < 1.29 is 0 Å². The SMILES string of the molecule is Cc1cc2ccccc2c2ccccc12.Cc1ccc(-c2ccccc2)cc1.Cc1ccc(Br)cc1.Cc1ccc(C)cc1.Cc1ccc2ccccc2c1.Cc1cccc(-c2ccccc2)c1.Cc1cccc2ccccc12.Cc1ccccc1.Cc1cccn1C.Cc1cccs1. The molecule has 16 aromatic rings. The quantitative estimate of drug-likeness (QED) is 0.152. The van der Waals surface area contributed by atoms with Gasteiger partial charge in [0.05, 0.1) is 0 Å². The van der Waals surface area contributed by atoms with Crippen molar-refractivity contribution in [3.8, 4) is 22.3 Å². The topological polar surface area (TPSA) is 4.93 Å². The van der Waals surface area contributed by atoms with E-state index < -0.39 is 0 Å². The molecule has 0 unspecified atom stereocenters. The summed E-state index contributed by atoms with van der Waals surface area (Å²) in [6.45, 7) is 23.2. The lowest BCUT2D eigenvalue weighted by Gasteiger charge is -2.06. The van der Waals surface area contributed by atoms with Crippen LogP contribution in [-0.4, -0.2) is 4.57 Å². The van der Waals surface area contributed by atoms with Gasteiger partial charge in [0.2, 0.25) is 0 Å². The molecule has 99 heavy (non-hydrogen) atoms. The van der Waals surface area contributed by atoms with Gasteiger partial charge in [-0.1, -0.05) is 376 Å². The van der Waals surface area contributed by atoms with E-state index in [4.69, 9.17) is 0 Å². The Hall–Kier alpha value is -10.4. The van der Waals surface area contributed by atoms with Crippen LogP contribution >= 0.6 is 27.3 Å². The highest BCUT2D eigenvalue weighted by atomic mass is 79.9. The predicted molar refractivity (Wildman–Crippen MR) is 442 cm³/mol. The molecule has 2 aromatic heterocycles. The van der Waals surface area contributed by atoms with Gasteiger partial charge in [-0.2, -0.15) is 0 Å². The number of halogens is 1. The van der Waals surface area contributed by atoms with Crippen molar-refractivity contribution in [3.63, 3.8) is 0 Å². The van der Waals surface area contributed by atoms with Crippen LogP contribution in [0.3, 0.4) is 0 Å². The average Bonchev–Trinajstić information content (AvgIpc) is 1.72. The second-order valence-corrected chi connectivity index (χ2v) is 26.7. The Morgan fingerprint density at radius 2 is 0.646 bits per heavy atom. The molecule has 0 saturated heterocycles. The van der Waals surface area contributed by atoms with E-state index in [1.807, 2.05) is 61.8 Å². The zero-order chi connectivity index (χ0) is 70.6. The minimum Gasteiger partial charge on any atom is -0.355 e. The van der Waals surface area contributed by atoms with Crippen LogP contribution in [0.15, 0.2) is 368 Å². The van der Waals surface area contributed by atoms with Crippen LogP contribution in [0.1, 0.15) is 60.6 Å². The van der Waals surface area contributed by atoms with E-state index in [-0.39, 0.29) is 0 Å². The molecule has 498 valence electrons. The first-order chi connectivity index (χ1) is 48.0. The summed E-state index contributed by atoms with van der Waals surface area (Å²) in [5.41, 5.74) is 18.4. The number of aromatic nitrogens is 1. The van der Waals surface area contributed by atoms with E-state index in [0.717, 1.165) is 4.47 Å². The molecule has 0 saturated carbocycles. The molecular formula is C96H96BrNS. The van der Waals surface area contributed by atoms with Gasteiger partial charge < -0.3 is 4.57 Å². The van der Waals surface area contributed by atoms with E-state index in [1.54, 1.807) is 11.3 Å². The molecule has 0 atom stereocenters. The highest BCUT2D eigenvalue weighted by molar-refractivity contribution is 9.10. The minimum atomic E-state index is 1.14. The molecule has 0 bridgehead atoms. The Bertz CT molecular complexity index is 4770. The third kappa shape index (κ3) is 27.2. The summed E-state index contributed by atoms with van der Waals surface area (Å²) in [7, 11) is 2.04. The Morgan fingerprint density at radius 1 is 0.242 bits per heavy atom. The number of hydrogen-bond acceptors (Lipinski definition) is 1. The maximum absolute atomic E-state index is 3.35. The highest BCUT2D eigenvalue weighted by Crippen LogP contribution is 2.28. The van der Waals surface area contributed by atoms with Gasteiger partial charge in [0.1, 0.15) is 0 Å². The van der Waals surface area contributed by atoms with Gasteiger partial charge >= 0.3 is 0 Å². The standard InChI is InChI=1S/C15H12.2C13H12.2C11H10.C8H10.C7H7Br.C7H8.C6H9N.C5H6S/c1-11-10-12-6-2-3-8-14(12)15-9-5-4-7-13(11)15;1-11-6-5-9-13(10-11)12-7-3-2-4-8-12;1-11-7-9-13(10-8-11)12-5-3-2-4-6-12;1-9-5-4-7-10-6-2-3-8-11(9)10;1-9-6-7-10-4-2-3-5-11(10)8-9;1-7-3-5-8(2)6-4-7;1-6-2-4-7(8)5-3-6;1-7-5-3-2-4-6-7;1-6-4-3-5-7(6)2;1-5-3-2-4-6-5/h2-10H,1H3;2*2-10H,1H3;2*2-8H,1H3;3-6H,1-2H3;2-5H,1H3;2-6H,1H3;3-5H,1-2H3;2-4H,1H3. The lowest BCUT2D eigenvalue weighted by atomic mass is 9.98. The first kappa shape index (κ1) is 76.0. The van der Waals surface area contributed by atoms with Crippen molar-refractivity contribution in [2.45, 2.75) is 76.2 Å². The zero-order valence-electron chi connectivity index (χ0n) is 59.9. The molecule has 16 rings (SSSR count). The summed E-state index contributed by atoms with van der Waals surface area (Å²) in [4.78, 5) is 1.38. The van der Waals surface area contributed by atoms with Gasteiger partial charge in [-0.15, -0.1) is 11.3 Å². The summed E-state index contributed by atoms with van der Waals surface area (Å²) < 4.78 is 3.23. The molecule has 0 fully saturated rings. The third-order valence-electron chi connectivity index (χ3n) is 16.2. The van der Waals surface area contributed by atoms with Crippen LogP contribution in [-0.2, 0) is 7.05 Å². The number of fused-ring (bicyclic) bond motifs is 5. The smallest absolute Gasteiger partial charge is 0.0175 e. The summed E-state index contributed by atoms with van der Waals surface area (Å²) in [5.74, 6) is 0. The second kappa shape index (κ2) is 41.6. The monoisotopic (exact) mass is 1370 g/mol. The van der Waals surface area contributed by atoms with Gasteiger partial charge in [-0.3, -0.25) is 0 Å². The Balaban J connectivity index is 0.000000157. The molecule has 0 amide bonds. The number of thiophene rings is 1. The molecular weight excluding hydrogens is 1280 g/mol. The van der Waals surface area contributed by atoms with E-state index in [9.17, 15) is 0 Å². The minimum absolute atomic E-state index is 1.14. The van der Waals surface area contributed by atoms with Crippen LogP contribution < -0.4 is 0 Å². The van der Waals surface area contributed by atoms with Crippen LogP contribution in [0.5, 0.6) is 0 Å². The molecule has 0 aliphatic rings. The average molecular weight is 1380 g/mol. The number of nitrogens with zero attached hydrogens (tertiary/aromatic N) is 1. The maximum atomic E-state index is 3.35. The van der Waals surface area contributed by atoms with E-state index >= 15 is 0 Å². The summed E-state index contributed by atoms with van der Waals surface area (Å²) in [6.07, 6.45) is 2.04. The number of hydrogen-bond donors (Lipinski definition) is 0. The highest BCUT2D eigenvalue weighted by Gasteiger charge is 2.02. The van der Waals surface area contributed by atoms with Crippen LogP contribution in [0.4, 0.5) is 0 Å². The first-order valence-electron chi connectivity index (χ1n) is 33.9. The normalized spacial score (nSPS) is 9.87. The summed E-state index contributed by atoms with van der Waals surface area (Å²) in [6, 6.07) is 122. The predicted octanol–water partition coefficient (Wildman–Crippen LogP) is 28.4. The fourth-order valence-electron chi connectivity index (χ4n) is 10.4. The van der Waals surface area contributed by atoms with Crippen LogP contribution in [0.2, 0.25) is 0 Å². The largest absolute Gasteiger partial charge is 0.355 e. The van der Waals surface area contributed by atoms with E-state index in [2.05, 4.69) is 405 Å². The van der Waals surface area contributed by atoms with Gasteiger partial charge in [0, 0.05) is 28.3 Å². The summed E-state index contributed by atoms with van der Waals surface area (Å²) in [5, 5.41) is 12.8. The third-order valence-corrected chi connectivity index (χ3v) is 17.5. The van der Waals surface area contributed by atoms with Crippen molar-refractivity contribution in [2.24, 2.45) is 7.05 Å². The van der Waals surface area contributed by atoms with Crippen molar-refractivity contribution in [2.75, 3.05) is 0 Å². The molecule has 0 spiro atoms. The lowest BCUT2D eigenvalue weighted by molar-refractivity contribution is 0.882. The van der Waals surface area contributed by atoms with Crippen LogP contribution in [0.25, 0.3) is 65.3 Å². The zero-order valence-corrected chi connectivity index (χ0v) is 62.3. The molecule has 0 N–H and O–H groups in total. The van der Waals surface area contributed by atoms with E-state index in [1.165, 1.54) is 126 Å². The summed E-state index contributed by atoms with van der Waals surface area (Å²) >= 11 is 5.12. The molecule has 0 radical (unpaired) electrons. The lowest BCUT2D eigenvalue weighted by Crippen LogP contribution is -1.84. The van der Waals surface area contributed by atoms with Gasteiger partial charge in [-0.05, 0) is 188 Å². The van der Waals surface area contributed by atoms with Crippen molar-refractivity contribution in [1.29, 1.82) is 0 Å². The first-order valence-corrected chi connectivity index (χ1v) is 35.5. The van der Waals surface area contributed by atoms with Gasteiger partial charge in [0.25, 0.3) is 0 Å². The second-order valence-electron chi connectivity index (χ2n) is 24.7. The van der Waals surface area contributed by atoms with Crippen LogP contribution in [0, 0.1) is 76.2 Å². The molecule has 0 aliphatic heterocycles. The fraction of sp³-hybridized carbons (Fsp3) is 0.125. The molecule has 2 heterocycles. The molecule has 1 nitrogen and oxygen atoms in total.